The van der Waals surface area contributed by atoms with Crippen LogP contribution in [0.3, 0.4) is 0 Å². The Kier molecular flexibility index (Phi) is 6.32. The summed E-state index contributed by atoms with van der Waals surface area (Å²) in [5.74, 6) is -3.25. The van der Waals surface area contributed by atoms with Crippen molar-refractivity contribution in [3.05, 3.63) is 89.5 Å². The van der Waals surface area contributed by atoms with Gasteiger partial charge >= 0.3 is 11.9 Å². The maximum atomic E-state index is 13.6. The first-order valence-electron chi connectivity index (χ1n) is 8.88. The molecule has 0 fully saturated rings. The highest BCUT2D eigenvalue weighted by atomic mass is 19.1. The predicted octanol–water partition coefficient (Wildman–Crippen LogP) is 4.60. The van der Waals surface area contributed by atoms with Gasteiger partial charge in [-0.2, -0.15) is 0 Å². The summed E-state index contributed by atoms with van der Waals surface area (Å²) in [6.07, 6.45) is 0. The molecule has 0 saturated carbocycles. The van der Waals surface area contributed by atoms with Crippen LogP contribution in [0.5, 0.6) is 5.75 Å². The van der Waals surface area contributed by atoms with Gasteiger partial charge in [-0.25, -0.2) is 13.6 Å². The molecule has 0 radical (unpaired) electrons. The zero-order valence-corrected chi connectivity index (χ0v) is 15.9. The highest BCUT2D eigenvalue weighted by Crippen LogP contribution is 2.23. The van der Waals surface area contributed by atoms with Crippen LogP contribution >= 0.6 is 0 Å². The first-order chi connectivity index (χ1) is 14.3. The lowest BCUT2D eigenvalue weighted by Crippen LogP contribution is -2.15. The van der Waals surface area contributed by atoms with Gasteiger partial charge in [-0.1, -0.05) is 24.3 Å². The van der Waals surface area contributed by atoms with Crippen LogP contribution in [0.2, 0.25) is 0 Å². The van der Waals surface area contributed by atoms with Crippen molar-refractivity contribution >= 4 is 17.7 Å². The number of carbonyl (C=O) groups excluding carboxylic acids is 3. The van der Waals surface area contributed by atoms with Crippen molar-refractivity contribution in [1.29, 1.82) is 0 Å². The van der Waals surface area contributed by atoms with Crippen molar-refractivity contribution in [3.63, 3.8) is 0 Å². The number of hydrogen-bond acceptors (Lipinski definition) is 5. The van der Waals surface area contributed by atoms with Gasteiger partial charge in [-0.05, 0) is 53.6 Å². The molecule has 0 saturated heterocycles. The lowest BCUT2D eigenvalue weighted by Gasteiger charge is -2.07. The Balaban J connectivity index is 1.63. The van der Waals surface area contributed by atoms with Gasteiger partial charge in [0.1, 0.15) is 17.4 Å². The first kappa shape index (κ1) is 20.9. The van der Waals surface area contributed by atoms with Gasteiger partial charge in [0.05, 0.1) is 11.1 Å². The molecule has 0 N–H and O–H groups in total. The van der Waals surface area contributed by atoms with Crippen LogP contribution in [0.1, 0.15) is 27.6 Å². The summed E-state index contributed by atoms with van der Waals surface area (Å²) in [6.45, 7) is 0.604. The van der Waals surface area contributed by atoms with E-state index in [9.17, 15) is 23.2 Å². The first-order valence-corrected chi connectivity index (χ1v) is 8.88. The summed E-state index contributed by atoms with van der Waals surface area (Å²) in [5, 5.41) is 0. The van der Waals surface area contributed by atoms with Crippen LogP contribution in [-0.4, -0.2) is 24.3 Å². The van der Waals surface area contributed by atoms with Gasteiger partial charge < -0.3 is 9.47 Å². The summed E-state index contributed by atoms with van der Waals surface area (Å²) in [4.78, 5) is 35.1. The molecule has 152 valence electrons. The van der Waals surface area contributed by atoms with E-state index in [1.807, 2.05) is 0 Å². The molecule has 3 aromatic rings. The highest BCUT2D eigenvalue weighted by molar-refractivity contribution is 5.99. The molecule has 0 aliphatic rings. The quantitative estimate of drug-likeness (QED) is 0.338. The topological polar surface area (TPSA) is 69.7 Å². The molecule has 3 rings (SSSR count). The average Bonchev–Trinajstić information content (AvgIpc) is 2.74. The van der Waals surface area contributed by atoms with Gasteiger partial charge in [0, 0.05) is 6.92 Å². The molecular formula is C23H16F2O5. The number of ether oxygens (including phenoxy) is 2. The molecular weight excluding hydrogens is 394 g/mol. The van der Waals surface area contributed by atoms with Crippen molar-refractivity contribution < 1.29 is 32.6 Å². The van der Waals surface area contributed by atoms with Crippen LogP contribution in [0.4, 0.5) is 8.78 Å². The van der Waals surface area contributed by atoms with Gasteiger partial charge in [-0.3, -0.25) is 9.59 Å². The number of esters is 2. The molecule has 0 atom stereocenters. The van der Waals surface area contributed by atoms with E-state index >= 15 is 0 Å². The SMILES string of the molecule is CC(=O)Oc1ccc(-c2ccc(C(=O)OCC(=O)c3cc(F)ccc3F)cc2)cc1. The summed E-state index contributed by atoms with van der Waals surface area (Å²) in [5.41, 5.74) is 1.36. The monoisotopic (exact) mass is 410 g/mol. The third-order valence-electron chi connectivity index (χ3n) is 4.13. The van der Waals surface area contributed by atoms with Crippen molar-refractivity contribution in [2.45, 2.75) is 6.92 Å². The molecule has 0 unspecified atom stereocenters. The molecule has 3 aromatic carbocycles. The molecule has 5 nitrogen and oxygen atoms in total. The van der Waals surface area contributed by atoms with Crippen LogP contribution in [-0.2, 0) is 9.53 Å². The third-order valence-corrected chi connectivity index (χ3v) is 4.13. The molecule has 0 spiro atoms. The molecule has 0 amide bonds. The van der Waals surface area contributed by atoms with Crippen LogP contribution < -0.4 is 4.74 Å². The minimum atomic E-state index is -0.887. The second-order valence-electron chi connectivity index (χ2n) is 6.32. The number of carbonyl (C=O) groups is 3. The maximum Gasteiger partial charge on any atom is 0.338 e. The van der Waals surface area contributed by atoms with E-state index in [0.29, 0.717) is 5.75 Å². The van der Waals surface area contributed by atoms with Gasteiger partial charge in [0.2, 0.25) is 5.78 Å². The minimum Gasteiger partial charge on any atom is -0.454 e. The van der Waals surface area contributed by atoms with Crippen LogP contribution in [0.25, 0.3) is 11.1 Å². The van der Waals surface area contributed by atoms with E-state index in [2.05, 4.69) is 0 Å². The van der Waals surface area contributed by atoms with E-state index in [1.54, 1.807) is 36.4 Å². The Bertz CT molecular complexity index is 1090. The van der Waals surface area contributed by atoms with E-state index in [0.717, 1.165) is 29.3 Å². The standard InChI is InChI=1S/C23H16F2O5/c1-14(26)30-19-9-6-16(7-10-19)15-2-4-17(5-3-15)23(28)29-13-22(27)20-12-18(24)8-11-21(20)25/h2-12H,13H2,1H3. The fraction of sp³-hybridized carbons (Fsp3) is 0.0870. The number of Topliss-reactive ketones (excluding diaryl/α,β-unsaturated/α-hetero) is 1. The maximum absolute atomic E-state index is 13.6. The van der Waals surface area contributed by atoms with Crippen molar-refractivity contribution in [2.75, 3.05) is 6.61 Å². The van der Waals surface area contributed by atoms with Gasteiger partial charge in [0.15, 0.2) is 6.61 Å². The Labute approximate surface area is 170 Å². The predicted molar refractivity (Wildman–Crippen MR) is 104 cm³/mol. The fourth-order valence-electron chi connectivity index (χ4n) is 2.68. The number of hydrogen-bond donors (Lipinski definition) is 0. The Morgan fingerprint density at radius 2 is 1.43 bits per heavy atom. The molecule has 0 bridgehead atoms. The van der Waals surface area contributed by atoms with Crippen molar-refractivity contribution in [2.24, 2.45) is 0 Å². The number of benzene rings is 3. The van der Waals surface area contributed by atoms with E-state index < -0.39 is 41.5 Å². The minimum absolute atomic E-state index is 0.197. The molecule has 7 heteroatoms. The molecule has 30 heavy (non-hydrogen) atoms. The summed E-state index contributed by atoms with van der Waals surface area (Å²) in [7, 11) is 0. The lowest BCUT2D eigenvalue weighted by atomic mass is 10.0. The summed E-state index contributed by atoms with van der Waals surface area (Å²) < 4.78 is 36.7. The lowest BCUT2D eigenvalue weighted by molar-refractivity contribution is -0.131. The second-order valence-corrected chi connectivity index (χ2v) is 6.32. The Morgan fingerprint density at radius 1 is 0.833 bits per heavy atom. The summed E-state index contributed by atoms with van der Waals surface area (Å²) in [6, 6.07) is 15.7. The van der Waals surface area contributed by atoms with Crippen LogP contribution in [0, 0.1) is 11.6 Å². The van der Waals surface area contributed by atoms with Crippen molar-refractivity contribution in [3.8, 4) is 16.9 Å². The number of halogens is 2. The molecule has 0 aliphatic heterocycles. The third kappa shape index (κ3) is 5.14. The average molecular weight is 410 g/mol. The molecule has 0 heterocycles. The number of ketones is 1. The zero-order valence-electron chi connectivity index (χ0n) is 15.9. The fourth-order valence-corrected chi connectivity index (χ4v) is 2.68. The normalized spacial score (nSPS) is 10.4. The smallest absolute Gasteiger partial charge is 0.338 e. The van der Waals surface area contributed by atoms with E-state index in [-0.39, 0.29) is 5.56 Å². The molecule has 0 aromatic heterocycles. The number of rotatable bonds is 6. The Morgan fingerprint density at radius 3 is 2.03 bits per heavy atom. The van der Waals surface area contributed by atoms with Gasteiger partial charge in [-0.15, -0.1) is 0 Å². The van der Waals surface area contributed by atoms with Gasteiger partial charge in [0.25, 0.3) is 0 Å². The Hall–Kier alpha value is -3.87. The zero-order chi connectivity index (χ0) is 21.7. The highest BCUT2D eigenvalue weighted by Gasteiger charge is 2.16. The molecule has 0 aliphatic carbocycles. The van der Waals surface area contributed by atoms with E-state index in [1.165, 1.54) is 19.1 Å². The van der Waals surface area contributed by atoms with Crippen molar-refractivity contribution in [1.82, 2.24) is 0 Å². The second kappa shape index (κ2) is 9.09. The largest absolute Gasteiger partial charge is 0.454 e. The summed E-state index contributed by atoms with van der Waals surface area (Å²) >= 11 is 0. The van der Waals surface area contributed by atoms with Crippen LogP contribution in [0.15, 0.2) is 66.7 Å². The van der Waals surface area contributed by atoms with E-state index in [4.69, 9.17) is 9.47 Å².